The third-order valence-electron chi connectivity index (χ3n) is 5.99. The zero-order valence-corrected chi connectivity index (χ0v) is 20.2. The lowest BCUT2D eigenvalue weighted by Gasteiger charge is -2.35. The van der Waals surface area contributed by atoms with E-state index in [4.69, 9.17) is 4.74 Å². The Hall–Kier alpha value is -3.85. The Bertz CT molecular complexity index is 1160. The highest BCUT2D eigenvalue weighted by molar-refractivity contribution is 5.83. The highest BCUT2D eigenvalue weighted by Gasteiger charge is 2.31. The van der Waals surface area contributed by atoms with Crippen molar-refractivity contribution < 1.29 is 18.7 Å². The number of benzene rings is 2. The number of aromatic nitrogens is 2. The fraction of sp³-hybridized carbons (Fsp3) is 0.333. The van der Waals surface area contributed by atoms with Crippen molar-refractivity contribution in [3.05, 3.63) is 89.5 Å². The molecule has 0 aliphatic carbocycles. The average molecular weight is 492 g/mol. The van der Waals surface area contributed by atoms with Gasteiger partial charge in [-0.25, -0.2) is 4.39 Å². The van der Waals surface area contributed by atoms with Crippen LogP contribution in [0.2, 0.25) is 0 Å². The van der Waals surface area contributed by atoms with Crippen molar-refractivity contribution >= 4 is 11.8 Å². The van der Waals surface area contributed by atoms with Gasteiger partial charge >= 0.3 is 0 Å². The van der Waals surface area contributed by atoms with E-state index in [0.29, 0.717) is 43.8 Å². The SMILES string of the molecule is CC(=O)N[C@@H](Cc1cc(F)cc(OCc2ccnnc2)c1)C[C@@H]1NCCN(Cc2ccccc2)C1=O. The van der Waals surface area contributed by atoms with Gasteiger partial charge in [-0.1, -0.05) is 30.3 Å². The van der Waals surface area contributed by atoms with Crippen LogP contribution in [0.3, 0.4) is 0 Å². The van der Waals surface area contributed by atoms with E-state index in [2.05, 4.69) is 20.8 Å². The van der Waals surface area contributed by atoms with Crippen LogP contribution < -0.4 is 15.4 Å². The van der Waals surface area contributed by atoms with Crippen LogP contribution in [0.1, 0.15) is 30.0 Å². The minimum Gasteiger partial charge on any atom is -0.489 e. The van der Waals surface area contributed by atoms with Gasteiger partial charge in [0.15, 0.2) is 0 Å². The summed E-state index contributed by atoms with van der Waals surface area (Å²) in [5.41, 5.74) is 2.55. The summed E-state index contributed by atoms with van der Waals surface area (Å²) >= 11 is 0. The van der Waals surface area contributed by atoms with Gasteiger partial charge in [0, 0.05) is 50.4 Å². The molecule has 2 N–H and O–H groups in total. The van der Waals surface area contributed by atoms with E-state index in [-0.39, 0.29) is 24.5 Å². The number of carbonyl (C=O) groups excluding carboxylic acids is 2. The molecule has 0 saturated carbocycles. The molecule has 188 valence electrons. The minimum atomic E-state index is -0.442. The van der Waals surface area contributed by atoms with Crippen LogP contribution in [0.5, 0.6) is 5.75 Å². The molecule has 0 bridgehead atoms. The molecule has 4 rings (SSSR count). The van der Waals surface area contributed by atoms with E-state index in [1.807, 2.05) is 35.2 Å². The molecular weight excluding hydrogens is 461 g/mol. The molecule has 2 amide bonds. The lowest BCUT2D eigenvalue weighted by Crippen LogP contribution is -2.56. The van der Waals surface area contributed by atoms with E-state index in [1.165, 1.54) is 19.1 Å². The Morgan fingerprint density at radius 1 is 1.17 bits per heavy atom. The number of halogens is 1. The maximum absolute atomic E-state index is 14.4. The molecule has 2 heterocycles. The van der Waals surface area contributed by atoms with Gasteiger partial charge in [-0.3, -0.25) is 9.59 Å². The first-order valence-corrected chi connectivity index (χ1v) is 12.0. The second kappa shape index (κ2) is 12.2. The molecule has 1 saturated heterocycles. The largest absolute Gasteiger partial charge is 0.489 e. The summed E-state index contributed by atoms with van der Waals surface area (Å²) in [4.78, 5) is 27.0. The van der Waals surface area contributed by atoms with E-state index in [9.17, 15) is 14.0 Å². The van der Waals surface area contributed by atoms with Crippen molar-refractivity contribution in [2.45, 2.75) is 45.0 Å². The van der Waals surface area contributed by atoms with Gasteiger partial charge in [-0.2, -0.15) is 10.2 Å². The summed E-state index contributed by atoms with van der Waals surface area (Å²) in [7, 11) is 0. The summed E-state index contributed by atoms with van der Waals surface area (Å²) in [6.45, 7) is 3.49. The Balaban J connectivity index is 1.42. The van der Waals surface area contributed by atoms with Gasteiger partial charge in [0.1, 0.15) is 18.2 Å². The molecular formula is C27H30FN5O3. The Kier molecular flexibility index (Phi) is 8.57. The Morgan fingerprint density at radius 2 is 2.00 bits per heavy atom. The van der Waals surface area contributed by atoms with Crippen LogP contribution in [0.15, 0.2) is 67.0 Å². The molecule has 2 aromatic carbocycles. The maximum Gasteiger partial charge on any atom is 0.240 e. The van der Waals surface area contributed by atoms with Gasteiger partial charge in [-0.15, -0.1) is 0 Å². The van der Waals surface area contributed by atoms with E-state index in [0.717, 1.165) is 11.1 Å². The number of ether oxygens (including phenoxy) is 1. The average Bonchev–Trinajstić information content (AvgIpc) is 2.86. The molecule has 1 aliphatic heterocycles. The summed E-state index contributed by atoms with van der Waals surface area (Å²) in [6.07, 6.45) is 3.89. The summed E-state index contributed by atoms with van der Waals surface area (Å²) in [5.74, 6) is -0.265. The van der Waals surface area contributed by atoms with Crippen LogP contribution >= 0.6 is 0 Å². The molecule has 1 aliphatic rings. The molecule has 9 heteroatoms. The molecule has 2 atom stereocenters. The monoisotopic (exact) mass is 491 g/mol. The van der Waals surface area contributed by atoms with Gasteiger partial charge in [-0.05, 0) is 42.2 Å². The number of carbonyl (C=O) groups is 2. The van der Waals surface area contributed by atoms with Gasteiger partial charge < -0.3 is 20.3 Å². The highest BCUT2D eigenvalue weighted by Crippen LogP contribution is 2.21. The lowest BCUT2D eigenvalue weighted by atomic mass is 9.97. The number of piperazine rings is 1. The molecule has 3 aromatic rings. The van der Waals surface area contributed by atoms with Crippen molar-refractivity contribution in [1.82, 2.24) is 25.7 Å². The van der Waals surface area contributed by atoms with Gasteiger partial charge in [0.05, 0.1) is 12.2 Å². The number of rotatable bonds is 10. The fourth-order valence-electron chi connectivity index (χ4n) is 4.38. The highest BCUT2D eigenvalue weighted by atomic mass is 19.1. The molecule has 0 radical (unpaired) electrons. The zero-order valence-electron chi connectivity index (χ0n) is 20.2. The Labute approximate surface area is 209 Å². The summed E-state index contributed by atoms with van der Waals surface area (Å²) < 4.78 is 20.1. The molecule has 1 fully saturated rings. The second-order valence-corrected chi connectivity index (χ2v) is 8.92. The molecule has 0 unspecified atom stereocenters. The second-order valence-electron chi connectivity index (χ2n) is 8.92. The van der Waals surface area contributed by atoms with Gasteiger partial charge in [0.2, 0.25) is 11.8 Å². The van der Waals surface area contributed by atoms with Crippen molar-refractivity contribution in [3.8, 4) is 5.75 Å². The van der Waals surface area contributed by atoms with Crippen LogP contribution in [0, 0.1) is 5.82 Å². The number of nitrogens with zero attached hydrogens (tertiary/aromatic N) is 3. The van der Waals surface area contributed by atoms with Crippen molar-refractivity contribution in [3.63, 3.8) is 0 Å². The van der Waals surface area contributed by atoms with Crippen molar-refractivity contribution in [1.29, 1.82) is 0 Å². The molecule has 0 spiro atoms. The van der Waals surface area contributed by atoms with Crippen LogP contribution in [0.25, 0.3) is 0 Å². The van der Waals surface area contributed by atoms with Crippen molar-refractivity contribution in [2.75, 3.05) is 13.1 Å². The van der Waals surface area contributed by atoms with Crippen LogP contribution in [-0.4, -0.2) is 52.1 Å². The molecule has 1 aromatic heterocycles. The standard InChI is InChI=1S/C27H30FN5O3/c1-19(34)32-24(15-26-27(35)33(10-9-29-26)17-20-5-3-2-4-6-20)12-22-11-23(28)14-25(13-22)36-18-21-7-8-30-31-16-21/h2-8,11,13-14,16,24,26,29H,9-10,12,15,17-18H2,1H3,(H,32,34)/t24-,26-/m0/s1. The summed E-state index contributed by atoms with van der Waals surface area (Å²) in [5, 5.41) is 13.8. The lowest BCUT2D eigenvalue weighted by molar-refractivity contribution is -0.137. The predicted molar refractivity (Wildman–Crippen MR) is 132 cm³/mol. The first-order valence-electron chi connectivity index (χ1n) is 12.0. The minimum absolute atomic E-state index is 0.00493. The number of amides is 2. The third kappa shape index (κ3) is 7.32. The normalized spacial score (nSPS) is 16.4. The smallest absolute Gasteiger partial charge is 0.240 e. The number of hydrogen-bond acceptors (Lipinski definition) is 6. The van der Waals surface area contributed by atoms with E-state index < -0.39 is 11.9 Å². The summed E-state index contributed by atoms with van der Waals surface area (Å²) in [6, 6.07) is 15.3. The number of hydrogen-bond donors (Lipinski definition) is 2. The molecule has 8 nitrogen and oxygen atoms in total. The predicted octanol–water partition coefficient (Wildman–Crippen LogP) is 2.63. The Morgan fingerprint density at radius 3 is 2.75 bits per heavy atom. The first-order chi connectivity index (χ1) is 17.5. The quantitative estimate of drug-likeness (QED) is 0.453. The third-order valence-corrected chi connectivity index (χ3v) is 5.99. The first kappa shape index (κ1) is 25.2. The topological polar surface area (TPSA) is 96.4 Å². The fourth-order valence-corrected chi connectivity index (χ4v) is 4.38. The maximum atomic E-state index is 14.4. The van der Waals surface area contributed by atoms with Gasteiger partial charge in [0.25, 0.3) is 0 Å². The van der Waals surface area contributed by atoms with Crippen LogP contribution in [-0.2, 0) is 29.2 Å². The van der Waals surface area contributed by atoms with E-state index in [1.54, 1.807) is 24.5 Å². The van der Waals surface area contributed by atoms with E-state index >= 15 is 0 Å². The van der Waals surface area contributed by atoms with Crippen LogP contribution in [0.4, 0.5) is 4.39 Å². The zero-order chi connectivity index (χ0) is 25.3. The molecule has 36 heavy (non-hydrogen) atoms. The number of nitrogens with one attached hydrogen (secondary N) is 2. The van der Waals surface area contributed by atoms with Crippen molar-refractivity contribution in [2.24, 2.45) is 0 Å².